The summed E-state index contributed by atoms with van der Waals surface area (Å²) in [7, 11) is 0. The quantitative estimate of drug-likeness (QED) is 0.755. The van der Waals surface area contributed by atoms with Gasteiger partial charge in [0, 0.05) is 6.04 Å². The normalized spacial score (nSPS) is 11.9. The van der Waals surface area contributed by atoms with Crippen molar-refractivity contribution >= 4 is 5.97 Å². The number of nitrogens with one attached hydrogen (secondary N) is 1. The molecule has 0 spiro atoms. The first kappa shape index (κ1) is 14.5. The third-order valence-corrected chi connectivity index (χ3v) is 2.55. The van der Waals surface area contributed by atoms with Crippen molar-refractivity contribution in [3.8, 4) is 5.75 Å². The van der Waals surface area contributed by atoms with Gasteiger partial charge in [0.1, 0.15) is 5.75 Å². The number of hydrogen-bond donors (Lipinski definition) is 1. The van der Waals surface area contributed by atoms with Crippen LogP contribution >= 0.6 is 0 Å². The zero-order valence-electron chi connectivity index (χ0n) is 11.2. The van der Waals surface area contributed by atoms with Gasteiger partial charge in [-0.25, -0.2) is 0 Å². The van der Waals surface area contributed by atoms with E-state index >= 15 is 0 Å². The highest BCUT2D eigenvalue weighted by molar-refractivity contribution is 5.71. The zero-order valence-corrected chi connectivity index (χ0v) is 11.2. The molecule has 0 fully saturated rings. The monoisotopic (exact) mass is 251 g/mol. The predicted octanol–water partition coefficient (Wildman–Crippen LogP) is 2.30. The zero-order chi connectivity index (χ0) is 13.4. The Labute approximate surface area is 108 Å². The third-order valence-electron chi connectivity index (χ3n) is 2.55. The maximum Gasteiger partial charge on any atom is 0.319 e. The molecule has 0 aliphatic carbocycles. The fourth-order valence-corrected chi connectivity index (χ4v) is 1.59. The average molecular weight is 251 g/mol. The number of esters is 1. The molecule has 1 N–H and O–H groups in total. The van der Waals surface area contributed by atoms with Crippen molar-refractivity contribution in [1.82, 2.24) is 5.32 Å². The largest absolute Gasteiger partial charge is 0.494 e. The highest BCUT2D eigenvalue weighted by atomic mass is 16.5. The lowest BCUT2D eigenvalue weighted by atomic mass is 10.1. The summed E-state index contributed by atoms with van der Waals surface area (Å²) in [6.07, 6.45) is 0. The maximum atomic E-state index is 11.2. The Kier molecular flexibility index (Phi) is 6.22. The number of carbonyl (C=O) groups excluding carboxylic acids is 1. The molecular weight excluding hydrogens is 230 g/mol. The lowest BCUT2D eigenvalue weighted by Crippen LogP contribution is -2.27. The minimum Gasteiger partial charge on any atom is -0.494 e. The number of hydrogen-bond acceptors (Lipinski definition) is 4. The van der Waals surface area contributed by atoms with Gasteiger partial charge in [-0.05, 0) is 38.5 Å². The smallest absolute Gasteiger partial charge is 0.319 e. The molecule has 0 aliphatic rings. The van der Waals surface area contributed by atoms with Crippen LogP contribution in [0.15, 0.2) is 24.3 Å². The first-order chi connectivity index (χ1) is 8.67. The lowest BCUT2D eigenvalue weighted by Gasteiger charge is -2.14. The molecule has 0 heterocycles. The van der Waals surface area contributed by atoms with Gasteiger partial charge in [0.05, 0.1) is 19.8 Å². The summed E-state index contributed by atoms with van der Waals surface area (Å²) < 4.78 is 10.2. The number of ether oxygens (including phenoxy) is 2. The second-order valence-corrected chi connectivity index (χ2v) is 3.91. The first-order valence-corrected chi connectivity index (χ1v) is 6.29. The Balaban J connectivity index is 2.45. The fourth-order valence-electron chi connectivity index (χ4n) is 1.59. The molecule has 1 aromatic rings. The fraction of sp³-hybridized carbons (Fsp3) is 0.500. The second kappa shape index (κ2) is 7.71. The van der Waals surface area contributed by atoms with Crippen LogP contribution in [0.1, 0.15) is 32.4 Å². The van der Waals surface area contributed by atoms with Crippen LogP contribution < -0.4 is 10.1 Å². The summed E-state index contributed by atoms with van der Waals surface area (Å²) in [5.41, 5.74) is 1.11. The standard InChI is InChI=1S/C14H21NO3/c1-4-17-13-8-6-12(7-9-13)11(3)15-10-14(16)18-5-2/h6-9,11,15H,4-5,10H2,1-3H3. The van der Waals surface area contributed by atoms with Gasteiger partial charge in [-0.15, -0.1) is 0 Å². The van der Waals surface area contributed by atoms with E-state index < -0.39 is 0 Å². The number of carbonyl (C=O) groups is 1. The van der Waals surface area contributed by atoms with E-state index in [1.807, 2.05) is 38.1 Å². The lowest BCUT2D eigenvalue weighted by molar-refractivity contribution is -0.142. The molecule has 0 aliphatic heterocycles. The van der Waals surface area contributed by atoms with Gasteiger partial charge in [-0.2, -0.15) is 0 Å². The molecule has 1 unspecified atom stereocenters. The van der Waals surface area contributed by atoms with E-state index in [1.54, 1.807) is 6.92 Å². The third kappa shape index (κ3) is 4.75. The van der Waals surface area contributed by atoms with Gasteiger partial charge in [0.2, 0.25) is 0 Å². The second-order valence-electron chi connectivity index (χ2n) is 3.91. The van der Waals surface area contributed by atoms with Crippen LogP contribution in [0.2, 0.25) is 0 Å². The van der Waals surface area contributed by atoms with E-state index in [2.05, 4.69) is 5.32 Å². The molecule has 4 nitrogen and oxygen atoms in total. The van der Waals surface area contributed by atoms with Gasteiger partial charge in [-0.1, -0.05) is 12.1 Å². The molecule has 1 aromatic carbocycles. The van der Waals surface area contributed by atoms with Crippen LogP contribution in [0, 0.1) is 0 Å². The maximum absolute atomic E-state index is 11.2. The van der Waals surface area contributed by atoms with E-state index in [1.165, 1.54) is 0 Å². The molecule has 0 bridgehead atoms. The topological polar surface area (TPSA) is 47.6 Å². The molecule has 18 heavy (non-hydrogen) atoms. The van der Waals surface area contributed by atoms with E-state index in [4.69, 9.17) is 9.47 Å². The van der Waals surface area contributed by atoms with Crippen molar-refractivity contribution < 1.29 is 14.3 Å². The van der Waals surface area contributed by atoms with E-state index in [0.29, 0.717) is 13.2 Å². The molecule has 4 heteroatoms. The molecule has 1 rings (SSSR count). The van der Waals surface area contributed by atoms with Crippen LogP contribution in [0.25, 0.3) is 0 Å². The van der Waals surface area contributed by atoms with Crippen LogP contribution in [0.3, 0.4) is 0 Å². The van der Waals surface area contributed by atoms with Gasteiger partial charge >= 0.3 is 5.97 Å². The van der Waals surface area contributed by atoms with Crippen molar-refractivity contribution in [3.05, 3.63) is 29.8 Å². The van der Waals surface area contributed by atoms with E-state index in [9.17, 15) is 4.79 Å². The van der Waals surface area contributed by atoms with Gasteiger partial charge in [-0.3, -0.25) is 4.79 Å². The Morgan fingerprint density at radius 2 is 1.89 bits per heavy atom. The summed E-state index contributed by atoms with van der Waals surface area (Å²) >= 11 is 0. The average Bonchev–Trinajstić information content (AvgIpc) is 2.37. The molecule has 1 atom stereocenters. The summed E-state index contributed by atoms with van der Waals surface area (Å²) in [6.45, 7) is 7.07. The SMILES string of the molecule is CCOC(=O)CNC(C)c1ccc(OCC)cc1. The van der Waals surface area contributed by atoms with Crippen molar-refractivity contribution in [3.63, 3.8) is 0 Å². The Morgan fingerprint density at radius 1 is 1.22 bits per heavy atom. The summed E-state index contributed by atoms with van der Waals surface area (Å²) in [5.74, 6) is 0.633. The highest BCUT2D eigenvalue weighted by Crippen LogP contribution is 2.17. The molecule has 0 aromatic heterocycles. The minimum atomic E-state index is -0.227. The number of benzene rings is 1. The van der Waals surface area contributed by atoms with Gasteiger partial charge in [0.15, 0.2) is 0 Å². The van der Waals surface area contributed by atoms with Crippen LogP contribution in [0.5, 0.6) is 5.75 Å². The summed E-state index contributed by atoms with van der Waals surface area (Å²) in [4.78, 5) is 11.2. The minimum absolute atomic E-state index is 0.102. The van der Waals surface area contributed by atoms with Crippen LogP contribution in [-0.2, 0) is 9.53 Å². The highest BCUT2D eigenvalue weighted by Gasteiger charge is 2.08. The van der Waals surface area contributed by atoms with Crippen LogP contribution in [-0.4, -0.2) is 25.7 Å². The summed E-state index contributed by atoms with van der Waals surface area (Å²) in [5, 5.41) is 3.12. The van der Waals surface area contributed by atoms with Gasteiger partial charge in [0.25, 0.3) is 0 Å². The molecular formula is C14H21NO3. The number of rotatable bonds is 7. The molecule has 0 radical (unpaired) electrons. The molecule has 0 amide bonds. The van der Waals surface area contributed by atoms with Gasteiger partial charge < -0.3 is 14.8 Å². The predicted molar refractivity (Wildman–Crippen MR) is 70.7 cm³/mol. The van der Waals surface area contributed by atoms with E-state index in [0.717, 1.165) is 11.3 Å². The molecule has 100 valence electrons. The van der Waals surface area contributed by atoms with Crippen molar-refractivity contribution in [2.24, 2.45) is 0 Å². The van der Waals surface area contributed by atoms with Crippen molar-refractivity contribution in [2.75, 3.05) is 19.8 Å². The molecule has 0 saturated heterocycles. The van der Waals surface area contributed by atoms with E-state index in [-0.39, 0.29) is 18.6 Å². The Morgan fingerprint density at radius 3 is 2.44 bits per heavy atom. The first-order valence-electron chi connectivity index (χ1n) is 6.29. The Bertz CT molecular complexity index is 362. The van der Waals surface area contributed by atoms with Crippen molar-refractivity contribution in [2.45, 2.75) is 26.8 Å². The summed E-state index contributed by atoms with van der Waals surface area (Å²) in [6, 6.07) is 7.95. The van der Waals surface area contributed by atoms with Crippen molar-refractivity contribution in [1.29, 1.82) is 0 Å². The Hall–Kier alpha value is -1.55. The molecule has 0 saturated carbocycles. The van der Waals surface area contributed by atoms with Crippen LogP contribution in [0.4, 0.5) is 0 Å².